The molecule has 2 unspecified atom stereocenters. The Kier molecular flexibility index (Phi) is 3.38. The third-order valence-electron chi connectivity index (χ3n) is 2.76. The first-order chi connectivity index (χ1) is 5.24. The fourth-order valence-electron chi connectivity index (χ4n) is 1.76. The molecule has 1 heterocycles. The van der Waals surface area contributed by atoms with Crippen LogP contribution in [0.4, 0.5) is 0 Å². The molecule has 1 nitrogen and oxygen atoms in total. The summed E-state index contributed by atoms with van der Waals surface area (Å²) in [6.45, 7) is 11.2. The van der Waals surface area contributed by atoms with Crippen molar-refractivity contribution < 1.29 is 0 Å². The van der Waals surface area contributed by atoms with Gasteiger partial charge in [-0.25, -0.2) is 0 Å². The molecule has 0 amide bonds. The fourth-order valence-corrected chi connectivity index (χ4v) is 1.76. The van der Waals surface area contributed by atoms with Crippen molar-refractivity contribution in [1.29, 1.82) is 0 Å². The van der Waals surface area contributed by atoms with Gasteiger partial charge in [-0.2, -0.15) is 0 Å². The lowest BCUT2D eigenvalue weighted by atomic mass is 9.98. The highest BCUT2D eigenvalue weighted by Crippen LogP contribution is 2.18. The van der Waals surface area contributed by atoms with Crippen LogP contribution >= 0.6 is 0 Å². The van der Waals surface area contributed by atoms with Crippen LogP contribution in [0.5, 0.6) is 0 Å². The van der Waals surface area contributed by atoms with E-state index in [1.807, 2.05) is 0 Å². The smallest absolute Gasteiger partial charge is 0.00644 e. The van der Waals surface area contributed by atoms with Gasteiger partial charge in [0.25, 0.3) is 0 Å². The van der Waals surface area contributed by atoms with Crippen LogP contribution in [-0.4, -0.2) is 24.0 Å². The van der Waals surface area contributed by atoms with E-state index in [4.69, 9.17) is 0 Å². The van der Waals surface area contributed by atoms with Crippen molar-refractivity contribution in [2.45, 2.75) is 39.2 Å². The number of nitrogens with zero attached hydrogens (tertiary/aromatic N) is 1. The first kappa shape index (κ1) is 9.05. The zero-order valence-electron chi connectivity index (χ0n) is 7.84. The molecule has 1 heteroatoms. The summed E-state index contributed by atoms with van der Waals surface area (Å²) in [6, 6.07) is 0.763. The molecule has 0 saturated carbocycles. The Morgan fingerprint density at radius 1 is 1.64 bits per heavy atom. The van der Waals surface area contributed by atoms with Crippen molar-refractivity contribution >= 4 is 0 Å². The first-order valence-electron chi connectivity index (χ1n) is 4.81. The summed E-state index contributed by atoms with van der Waals surface area (Å²) in [5, 5.41) is 0. The third-order valence-corrected chi connectivity index (χ3v) is 2.76. The molecule has 1 saturated heterocycles. The molecular weight excluding hydrogens is 134 g/mol. The van der Waals surface area contributed by atoms with Gasteiger partial charge in [0.15, 0.2) is 0 Å². The van der Waals surface area contributed by atoms with Crippen LogP contribution in [0.25, 0.3) is 0 Å². The van der Waals surface area contributed by atoms with Crippen LogP contribution in [0.15, 0.2) is 0 Å². The monoisotopic (exact) mass is 154 g/mol. The topological polar surface area (TPSA) is 3.24 Å². The minimum atomic E-state index is 0.678. The Hall–Kier alpha value is -0.0400. The molecule has 1 fully saturated rings. The van der Waals surface area contributed by atoms with Crippen molar-refractivity contribution in [1.82, 2.24) is 4.90 Å². The first-order valence-corrected chi connectivity index (χ1v) is 4.81. The Morgan fingerprint density at radius 2 is 2.36 bits per heavy atom. The second kappa shape index (κ2) is 4.10. The average molecular weight is 154 g/mol. The van der Waals surface area contributed by atoms with Gasteiger partial charge in [-0.05, 0) is 45.6 Å². The van der Waals surface area contributed by atoms with Crippen LogP contribution in [0.1, 0.15) is 33.1 Å². The summed E-state index contributed by atoms with van der Waals surface area (Å²) in [4.78, 5) is 2.57. The van der Waals surface area contributed by atoms with Gasteiger partial charge in [0.1, 0.15) is 0 Å². The van der Waals surface area contributed by atoms with Gasteiger partial charge in [0.05, 0.1) is 0 Å². The number of hydrogen-bond acceptors (Lipinski definition) is 1. The molecule has 0 aliphatic carbocycles. The zero-order chi connectivity index (χ0) is 8.27. The van der Waals surface area contributed by atoms with Crippen molar-refractivity contribution in [3.63, 3.8) is 0 Å². The zero-order valence-corrected chi connectivity index (χ0v) is 7.84. The minimum Gasteiger partial charge on any atom is -0.300 e. The van der Waals surface area contributed by atoms with Crippen molar-refractivity contribution in [2.24, 2.45) is 5.92 Å². The Morgan fingerprint density at radius 3 is 2.91 bits per heavy atom. The quantitative estimate of drug-likeness (QED) is 0.590. The maximum Gasteiger partial charge on any atom is 0.00644 e. The molecule has 1 radical (unpaired) electrons. The van der Waals surface area contributed by atoms with E-state index in [2.05, 4.69) is 25.7 Å². The summed E-state index contributed by atoms with van der Waals surface area (Å²) in [5.74, 6) is 0.678. The molecule has 0 N–H and O–H groups in total. The maximum absolute atomic E-state index is 4.12. The fraction of sp³-hybridized carbons (Fsp3) is 0.900. The summed E-state index contributed by atoms with van der Waals surface area (Å²) in [7, 11) is 0. The molecule has 1 rings (SSSR count). The number of rotatable bonds is 2. The molecule has 0 aromatic carbocycles. The summed E-state index contributed by atoms with van der Waals surface area (Å²) < 4.78 is 0. The predicted octanol–water partition coefficient (Wildman–Crippen LogP) is 2.33. The predicted molar refractivity (Wildman–Crippen MR) is 49.4 cm³/mol. The van der Waals surface area contributed by atoms with Gasteiger partial charge in [-0.15, -0.1) is 0 Å². The van der Waals surface area contributed by atoms with E-state index in [0.717, 1.165) is 6.04 Å². The van der Waals surface area contributed by atoms with E-state index in [9.17, 15) is 0 Å². The second-order valence-electron chi connectivity index (χ2n) is 3.76. The highest BCUT2D eigenvalue weighted by Gasteiger charge is 2.19. The molecule has 11 heavy (non-hydrogen) atoms. The van der Waals surface area contributed by atoms with Crippen molar-refractivity contribution in [2.75, 3.05) is 13.1 Å². The van der Waals surface area contributed by atoms with Gasteiger partial charge in [-0.1, -0.05) is 6.92 Å². The molecule has 0 aromatic heterocycles. The van der Waals surface area contributed by atoms with E-state index in [1.54, 1.807) is 0 Å². The maximum atomic E-state index is 4.12. The Bertz CT molecular complexity index is 111. The van der Waals surface area contributed by atoms with E-state index in [-0.39, 0.29) is 0 Å². The number of piperidine rings is 1. The lowest BCUT2D eigenvalue weighted by Crippen LogP contribution is -2.40. The summed E-state index contributed by atoms with van der Waals surface area (Å²) in [5.41, 5.74) is 0. The summed E-state index contributed by atoms with van der Waals surface area (Å²) in [6.07, 6.45) is 3.94. The van der Waals surface area contributed by atoms with Crippen LogP contribution < -0.4 is 0 Å². The Balaban J connectivity index is 2.33. The van der Waals surface area contributed by atoms with Gasteiger partial charge in [0, 0.05) is 12.6 Å². The lowest BCUT2D eigenvalue weighted by molar-refractivity contribution is 0.144. The van der Waals surface area contributed by atoms with Crippen LogP contribution in [0, 0.1) is 12.8 Å². The molecule has 0 aromatic rings. The molecular formula is C10H20N. The molecule has 1 aliphatic rings. The van der Waals surface area contributed by atoms with E-state index >= 15 is 0 Å². The van der Waals surface area contributed by atoms with Gasteiger partial charge < -0.3 is 4.90 Å². The van der Waals surface area contributed by atoms with Gasteiger partial charge in [-0.3, -0.25) is 0 Å². The third kappa shape index (κ3) is 2.48. The molecule has 2 atom stereocenters. The van der Waals surface area contributed by atoms with Crippen molar-refractivity contribution in [3.05, 3.63) is 6.92 Å². The largest absolute Gasteiger partial charge is 0.300 e. The minimum absolute atomic E-state index is 0.678. The van der Waals surface area contributed by atoms with E-state index in [1.165, 1.54) is 32.4 Å². The molecule has 1 aliphatic heterocycles. The normalized spacial score (nSPS) is 30.3. The SMILES string of the molecule is [CH2]C1CCCN(C(C)CC)C1. The van der Waals surface area contributed by atoms with Crippen LogP contribution in [-0.2, 0) is 0 Å². The summed E-state index contributed by atoms with van der Waals surface area (Å²) >= 11 is 0. The van der Waals surface area contributed by atoms with Crippen molar-refractivity contribution in [3.8, 4) is 0 Å². The Labute approximate surface area is 70.8 Å². The molecule has 65 valence electrons. The highest BCUT2D eigenvalue weighted by atomic mass is 15.2. The highest BCUT2D eigenvalue weighted by molar-refractivity contribution is 4.77. The average Bonchev–Trinajstić information content (AvgIpc) is 2.03. The lowest BCUT2D eigenvalue weighted by Gasteiger charge is -2.35. The van der Waals surface area contributed by atoms with Gasteiger partial charge >= 0.3 is 0 Å². The molecule has 0 bridgehead atoms. The van der Waals surface area contributed by atoms with Crippen LogP contribution in [0.3, 0.4) is 0 Å². The van der Waals surface area contributed by atoms with Gasteiger partial charge in [0.2, 0.25) is 0 Å². The van der Waals surface area contributed by atoms with E-state index in [0.29, 0.717) is 5.92 Å². The number of likely N-dealkylation sites (tertiary alicyclic amines) is 1. The second-order valence-corrected chi connectivity index (χ2v) is 3.76. The standard InChI is InChI=1S/C10H20N/c1-4-10(3)11-7-5-6-9(2)8-11/h9-10H,2,4-8H2,1,3H3. The van der Waals surface area contributed by atoms with E-state index < -0.39 is 0 Å². The molecule has 0 spiro atoms. The van der Waals surface area contributed by atoms with Crippen LogP contribution in [0.2, 0.25) is 0 Å². The number of hydrogen-bond donors (Lipinski definition) is 0.